The van der Waals surface area contributed by atoms with E-state index < -0.39 is 17.7 Å². The number of anilines is 2. The van der Waals surface area contributed by atoms with Gasteiger partial charge in [-0.05, 0) is 62.7 Å². The quantitative estimate of drug-likeness (QED) is 0.613. The predicted octanol–water partition coefficient (Wildman–Crippen LogP) is 5.45. The van der Waals surface area contributed by atoms with E-state index in [9.17, 15) is 9.59 Å². The summed E-state index contributed by atoms with van der Waals surface area (Å²) < 4.78 is 5.19. The van der Waals surface area contributed by atoms with Gasteiger partial charge in [-0.25, -0.2) is 9.59 Å². The first kappa shape index (κ1) is 20.9. The molecule has 2 aromatic carbocycles. The Morgan fingerprint density at radius 1 is 1.04 bits per heavy atom. The molecule has 3 amide bonds. The summed E-state index contributed by atoms with van der Waals surface area (Å²) in [5.74, 6) is 0. The highest BCUT2D eigenvalue weighted by Gasteiger charge is 2.23. The van der Waals surface area contributed by atoms with Gasteiger partial charge in [0.15, 0.2) is 0 Å². The van der Waals surface area contributed by atoms with Gasteiger partial charge in [0.05, 0.1) is 5.54 Å². The molecule has 144 valence electrons. The molecule has 0 aliphatic rings. The number of benzene rings is 2. The number of hydrogen-bond donors (Lipinski definition) is 3. The molecule has 0 aliphatic carbocycles. The molecular formula is C19H21Cl2N3O3. The molecule has 2 aromatic rings. The molecule has 0 heterocycles. The zero-order chi connectivity index (χ0) is 20.0. The van der Waals surface area contributed by atoms with E-state index in [2.05, 4.69) is 16.0 Å². The average molecular weight is 410 g/mol. The second-order valence-corrected chi connectivity index (χ2v) is 7.51. The molecule has 0 saturated heterocycles. The van der Waals surface area contributed by atoms with E-state index in [1.807, 2.05) is 6.92 Å². The van der Waals surface area contributed by atoms with E-state index in [0.717, 1.165) is 5.56 Å². The fourth-order valence-electron chi connectivity index (χ4n) is 2.23. The van der Waals surface area contributed by atoms with Crippen LogP contribution in [0.1, 0.15) is 19.4 Å². The van der Waals surface area contributed by atoms with Crippen LogP contribution in [0.2, 0.25) is 10.0 Å². The van der Waals surface area contributed by atoms with Crippen molar-refractivity contribution in [3.05, 3.63) is 58.1 Å². The van der Waals surface area contributed by atoms with Crippen molar-refractivity contribution in [2.75, 3.05) is 17.2 Å². The molecule has 8 heteroatoms. The molecule has 0 aromatic heterocycles. The van der Waals surface area contributed by atoms with Crippen molar-refractivity contribution in [1.82, 2.24) is 5.32 Å². The lowest BCUT2D eigenvalue weighted by molar-refractivity contribution is 0.129. The van der Waals surface area contributed by atoms with Gasteiger partial charge in [-0.2, -0.15) is 0 Å². The Kier molecular flexibility index (Phi) is 6.93. The van der Waals surface area contributed by atoms with Crippen molar-refractivity contribution in [3.8, 4) is 0 Å². The smallest absolute Gasteiger partial charge is 0.411 e. The number of nitrogens with one attached hydrogen (secondary N) is 3. The summed E-state index contributed by atoms with van der Waals surface area (Å²) in [6.07, 6.45) is -0.638. The van der Waals surface area contributed by atoms with Gasteiger partial charge in [0.1, 0.15) is 6.61 Å². The van der Waals surface area contributed by atoms with Crippen LogP contribution in [0.4, 0.5) is 21.0 Å². The van der Waals surface area contributed by atoms with Crippen LogP contribution in [0.25, 0.3) is 0 Å². The summed E-state index contributed by atoms with van der Waals surface area (Å²) in [7, 11) is 0. The Balaban J connectivity index is 1.84. The normalized spacial score (nSPS) is 10.9. The summed E-state index contributed by atoms with van der Waals surface area (Å²) >= 11 is 11.8. The van der Waals surface area contributed by atoms with E-state index in [-0.39, 0.29) is 6.61 Å². The fraction of sp³-hybridized carbons (Fsp3) is 0.263. The Morgan fingerprint density at radius 2 is 1.74 bits per heavy atom. The molecule has 2 rings (SSSR count). The standard InChI is InChI=1S/C19H21Cl2N3O3/c1-12-9-14(21)7-8-16(12)23-17(25)24-19(2,3)11-27-18(26)22-15-6-4-5-13(20)10-15/h4-10H,11H2,1-3H3,(H,22,26)(H2,23,24,25). The molecule has 0 aliphatic heterocycles. The first-order valence-electron chi connectivity index (χ1n) is 8.19. The summed E-state index contributed by atoms with van der Waals surface area (Å²) in [6, 6.07) is 11.5. The summed E-state index contributed by atoms with van der Waals surface area (Å²) in [5, 5.41) is 9.19. The van der Waals surface area contributed by atoms with Crippen LogP contribution in [0.3, 0.4) is 0 Å². The summed E-state index contributed by atoms with van der Waals surface area (Å²) in [4.78, 5) is 24.1. The second-order valence-electron chi connectivity index (χ2n) is 6.63. The number of rotatable bonds is 5. The monoisotopic (exact) mass is 409 g/mol. The number of carbonyl (C=O) groups is 2. The minimum absolute atomic E-state index is 0.0214. The molecule has 0 radical (unpaired) electrons. The van der Waals surface area contributed by atoms with Crippen molar-refractivity contribution < 1.29 is 14.3 Å². The third-order valence-corrected chi connectivity index (χ3v) is 3.99. The Labute approximate surface area is 168 Å². The van der Waals surface area contributed by atoms with Crippen LogP contribution < -0.4 is 16.0 Å². The first-order valence-corrected chi connectivity index (χ1v) is 8.95. The highest BCUT2D eigenvalue weighted by atomic mass is 35.5. The van der Waals surface area contributed by atoms with Crippen LogP contribution in [-0.2, 0) is 4.74 Å². The van der Waals surface area contributed by atoms with E-state index in [1.54, 1.807) is 56.3 Å². The van der Waals surface area contributed by atoms with Gasteiger partial charge in [-0.15, -0.1) is 0 Å². The molecule has 0 spiro atoms. The lowest BCUT2D eigenvalue weighted by Gasteiger charge is -2.26. The molecule has 6 nitrogen and oxygen atoms in total. The van der Waals surface area contributed by atoms with Gasteiger partial charge in [-0.3, -0.25) is 5.32 Å². The molecule has 0 unspecified atom stereocenters. The molecule has 0 bridgehead atoms. The third-order valence-electron chi connectivity index (χ3n) is 3.52. The number of carbonyl (C=O) groups excluding carboxylic acids is 2. The minimum Gasteiger partial charge on any atom is -0.447 e. The van der Waals surface area contributed by atoms with Crippen LogP contribution in [-0.4, -0.2) is 24.3 Å². The molecule has 27 heavy (non-hydrogen) atoms. The lowest BCUT2D eigenvalue weighted by Crippen LogP contribution is -2.49. The largest absolute Gasteiger partial charge is 0.447 e. The zero-order valence-corrected chi connectivity index (χ0v) is 16.7. The maximum absolute atomic E-state index is 12.2. The first-order chi connectivity index (χ1) is 12.6. The Bertz CT molecular complexity index is 841. The highest BCUT2D eigenvalue weighted by Crippen LogP contribution is 2.20. The molecular weight excluding hydrogens is 389 g/mol. The van der Waals surface area contributed by atoms with Gasteiger partial charge >= 0.3 is 12.1 Å². The van der Waals surface area contributed by atoms with Crippen molar-refractivity contribution in [2.45, 2.75) is 26.3 Å². The van der Waals surface area contributed by atoms with Gasteiger partial charge in [0.2, 0.25) is 0 Å². The Hall–Kier alpha value is -2.44. The summed E-state index contributed by atoms with van der Waals surface area (Å²) in [6.45, 7) is 5.31. The van der Waals surface area contributed by atoms with Crippen molar-refractivity contribution in [2.24, 2.45) is 0 Å². The number of ether oxygens (including phenoxy) is 1. The van der Waals surface area contributed by atoms with E-state index in [4.69, 9.17) is 27.9 Å². The predicted molar refractivity (Wildman–Crippen MR) is 109 cm³/mol. The summed E-state index contributed by atoms with van der Waals surface area (Å²) in [5.41, 5.74) is 1.23. The van der Waals surface area contributed by atoms with Crippen molar-refractivity contribution >= 4 is 46.7 Å². The van der Waals surface area contributed by atoms with E-state index in [0.29, 0.717) is 21.4 Å². The molecule has 0 saturated carbocycles. The Morgan fingerprint density at radius 3 is 2.41 bits per heavy atom. The van der Waals surface area contributed by atoms with Gasteiger partial charge in [0.25, 0.3) is 0 Å². The van der Waals surface area contributed by atoms with Crippen LogP contribution in [0.5, 0.6) is 0 Å². The van der Waals surface area contributed by atoms with Gasteiger partial charge in [0, 0.05) is 21.4 Å². The molecule has 0 atom stereocenters. The maximum atomic E-state index is 12.2. The molecule has 3 N–H and O–H groups in total. The highest BCUT2D eigenvalue weighted by molar-refractivity contribution is 6.31. The molecule has 0 fully saturated rings. The fourth-order valence-corrected chi connectivity index (χ4v) is 2.65. The van der Waals surface area contributed by atoms with E-state index in [1.165, 1.54) is 0 Å². The SMILES string of the molecule is Cc1cc(Cl)ccc1NC(=O)NC(C)(C)COC(=O)Nc1cccc(Cl)c1. The minimum atomic E-state index is -0.782. The maximum Gasteiger partial charge on any atom is 0.411 e. The third kappa shape index (κ3) is 7.00. The zero-order valence-electron chi connectivity index (χ0n) is 15.2. The van der Waals surface area contributed by atoms with Crippen molar-refractivity contribution in [1.29, 1.82) is 0 Å². The van der Waals surface area contributed by atoms with Crippen LogP contribution >= 0.6 is 23.2 Å². The van der Waals surface area contributed by atoms with Gasteiger partial charge in [-0.1, -0.05) is 29.3 Å². The number of aryl methyl sites for hydroxylation is 1. The second kappa shape index (κ2) is 8.97. The number of amides is 3. The number of urea groups is 1. The topological polar surface area (TPSA) is 79.5 Å². The van der Waals surface area contributed by atoms with Crippen LogP contribution in [0.15, 0.2) is 42.5 Å². The van der Waals surface area contributed by atoms with E-state index >= 15 is 0 Å². The van der Waals surface area contributed by atoms with Crippen LogP contribution in [0, 0.1) is 6.92 Å². The van der Waals surface area contributed by atoms with Crippen molar-refractivity contribution in [3.63, 3.8) is 0 Å². The number of hydrogen-bond acceptors (Lipinski definition) is 3. The van der Waals surface area contributed by atoms with Gasteiger partial charge < -0.3 is 15.4 Å². The lowest BCUT2D eigenvalue weighted by atomic mass is 10.1. The average Bonchev–Trinajstić information content (AvgIpc) is 2.55. The number of halogens is 2.